The number of hydrogen-bond acceptors (Lipinski definition) is 6. The molecule has 122 valence electrons. The summed E-state index contributed by atoms with van der Waals surface area (Å²) < 4.78 is 0.707. The first-order valence-electron chi connectivity index (χ1n) is 6.34. The van der Waals surface area contributed by atoms with Crippen molar-refractivity contribution in [1.29, 1.82) is 0 Å². The van der Waals surface area contributed by atoms with Crippen molar-refractivity contribution in [3.05, 3.63) is 33.8 Å². The van der Waals surface area contributed by atoms with Gasteiger partial charge in [0.25, 0.3) is 0 Å². The number of hydrogen-bond donors (Lipinski definition) is 1. The van der Waals surface area contributed by atoms with Crippen LogP contribution in [0.4, 0.5) is 5.69 Å². The van der Waals surface area contributed by atoms with Crippen LogP contribution in [0.15, 0.2) is 28.0 Å². The van der Waals surface area contributed by atoms with Crippen molar-refractivity contribution in [2.75, 3.05) is 24.7 Å². The highest BCUT2D eigenvalue weighted by Gasteiger charge is 2.16. The second-order valence-electron chi connectivity index (χ2n) is 4.39. The van der Waals surface area contributed by atoms with E-state index in [4.69, 9.17) is 23.2 Å². The number of halogens is 2. The zero-order valence-corrected chi connectivity index (χ0v) is 15.1. The molecule has 0 unspecified atom stereocenters. The van der Waals surface area contributed by atoms with Gasteiger partial charge in [-0.3, -0.25) is 9.59 Å². The van der Waals surface area contributed by atoms with E-state index in [0.29, 0.717) is 20.1 Å². The minimum Gasteiger partial charge on any atom is -0.336 e. The van der Waals surface area contributed by atoms with E-state index in [2.05, 4.69) is 15.5 Å². The molecule has 1 aromatic heterocycles. The molecule has 1 aromatic carbocycles. The van der Waals surface area contributed by atoms with Crippen molar-refractivity contribution in [2.24, 2.45) is 0 Å². The molecule has 0 radical (unpaired) electrons. The zero-order chi connectivity index (χ0) is 16.8. The van der Waals surface area contributed by atoms with Crippen LogP contribution in [-0.4, -0.2) is 46.3 Å². The molecule has 0 fully saturated rings. The maximum Gasteiger partial charge on any atom is 0.244 e. The number of rotatable bonds is 6. The number of benzene rings is 1. The van der Waals surface area contributed by atoms with Gasteiger partial charge in [-0.15, -0.1) is 10.2 Å². The van der Waals surface area contributed by atoms with Crippen molar-refractivity contribution in [3.8, 4) is 0 Å². The van der Waals surface area contributed by atoms with E-state index in [1.807, 2.05) is 0 Å². The minimum absolute atomic E-state index is 0.100. The molecule has 2 amide bonds. The summed E-state index contributed by atoms with van der Waals surface area (Å²) in [6, 6.07) is 4.92. The topological polar surface area (TPSA) is 75.2 Å². The lowest BCUT2D eigenvalue weighted by Gasteiger charge is -2.17. The first-order chi connectivity index (χ1) is 11.0. The van der Waals surface area contributed by atoms with Gasteiger partial charge in [-0.1, -0.05) is 52.4 Å². The second-order valence-corrected chi connectivity index (χ2v) is 7.26. The predicted molar refractivity (Wildman–Crippen MR) is 93.4 cm³/mol. The molecule has 2 aromatic rings. The summed E-state index contributed by atoms with van der Waals surface area (Å²) in [5.74, 6) is -0.381. The van der Waals surface area contributed by atoms with Gasteiger partial charge in [-0.05, 0) is 12.1 Å². The average Bonchev–Trinajstić information content (AvgIpc) is 3.02. The third-order valence-electron chi connectivity index (χ3n) is 2.69. The van der Waals surface area contributed by atoms with Gasteiger partial charge >= 0.3 is 0 Å². The Hall–Kier alpha value is -1.35. The molecule has 10 heteroatoms. The quantitative estimate of drug-likeness (QED) is 0.767. The fraction of sp³-hybridized carbons (Fsp3) is 0.231. The number of nitrogens with one attached hydrogen (secondary N) is 1. The number of anilines is 1. The van der Waals surface area contributed by atoms with Gasteiger partial charge in [0.05, 0.1) is 28.0 Å². The van der Waals surface area contributed by atoms with E-state index >= 15 is 0 Å². The second kappa shape index (κ2) is 8.49. The van der Waals surface area contributed by atoms with Gasteiger partial charge in [0.15, 0.2) is 4.34 Å². The highest BCUT2D eigenvalue weighted by Crippen LogP contribution is 2.29. The van der Waals surface area contributed by atoms with Crippen LogP contribution >= 0.6 is 46.3 Å². The Bertz CT molecular complexity index is 677. The number of amides is 2. The Morgan fingerprint density at radius 3 is 2.65 bits per heavy atom. The summed E-state index contributed by atoms with van der Waals surface area (Å²) >= 11 is 14.6. The van der Waals surface area contributed by atoms with E-state index in [-0.39, 0.29) is 24.1 Å². The Kier molecular flexibility index (Phi) is 6.64. The Morgan fingerprint density at radius 1 is 1.35 bits per heavy atom. The first-order valence-corrected chi connectivity index (χ1v) is 8.96. The van der Waals surface area contributed by atoms with Crippen LogP contribution < -0.4 is 5.32 Å². The molecular weight excluding hydrogens is 379 g/mol. The molecular formula is C13H12Cl2N4O2S2. The standard InChI is InChI=1S/C13H12Cl2N4O2S2/c1-19(11(21)6-22-13-18-16-7-23-13)5-10(20)17-12-8(14)3-2-4-9(12)15/h2-4,7H,5-6H2,1H3,(H,17,20). The predicted octanol–water partition coefficient (Wildman–Crippen LogP) is 3.03. The van der Waals surface area contributed by atoms with Crippen LogP contribution in [0.5, 0.6) is 0 Å². The van der Waals surface area contributed by atoms with Crippen molar-refractivity contribution < 1.29 is 9.59 Å². The average molecular weight is 391 g/mol. The molecule has 1 N–H and O–H groups in total. The van der Waals surface area contributed by atoms with Gasteiger partial charge in [0.2, 0.25) is 11.8 Å². The lowest BCUT2D eigenvalue weighted by Crippen LogP contribution is -2.36. The fourth-order valence-corrected chi connectivity index (χ4v) is 3.48. The molecule has 0 aliphatic rings. The molecule has 0 spiro atoms. The van der Waals surface area contributed by atoms with Crippen molar-refractivity contribution >= 4 is 63.8 Å². The third-order valence-corrected chi connectivity index (χ3v) is 5.17. The van der Waals surface area contributed by atoms with E-state index in [1.54, 1.807) is 30.8 Å². The van der Waals surface area contributed by atoms with E-state index < -0.39 is 0 Å². The number of para-hydroxylation sites is 1. The maximum absolute atomic E-state index is 12.0. The molecule has 1 heterocycles. The van der Waals surface area contributed by atoms with Crippen molar-refractivity contribution in [2.45, 2.75) is 4.34 Å². The largest absolute Gasteiger partial charge is 0.336 e. The molecule has 2 rings (SSSR count). The molecule has 0 aliphatic heterocycles. The minimum atomic E-state index is -0.378. The number of carbonyl (C=O) groups excluding carboxylic acids is 2. The smallest absolute Gasteiger partial charge is 0.244 e. The van der Waals surface area contributed by atoms with E-state index in [1.165, 1.54) is 28.0 Å². The van der Waals surface area contributed by atoms with Gasteiger partial charge in [-0.2, -0.15) is 0 Å². The lowest BCUT2D eigenvalue weighted by atomic mass is 10.3. The Balaban J connectivity index is 1.85. The van der Waals surface area contributed by atoms with Gasteiger partial charge < -0.3 is 10.2 Å². The summed E-state index contributed by atoms with van der Waals surface area (Å²) in [5.41, 5.74) is 1.93. The highest BCUT2D eigenvalue weighted by atomic mass is 35.5. The van der Waals surface area contributed by atoms with Crippen LogP contribution in [-0.2, 0) is 9.59 Å². The summed E-state index contributed by atoms with van der Waals surface area (Å²) in [6.45, 7) is -0.100. The molecule has 0 saturated carbocycles. The van der Waals surface area contributed by atoms with Gasteiger partial charge in [-0.25, -0.2) is 0 Å². The number of carbonyl (C=O) groups is 2. The molecule has 23 heavy (non-hydrogen) atoms. The van der Waals surface area contributed by atoms with Crippen LogP contribution in [0.3, 0.4) is 0 Å². The molecule has 0 atom stereocenters. The molecule has 0 aliphatic carbocycles. The number of nitrogens with zero attached hydrogens (tertiary/aromatic N) is 3. The van der Waals surface area contributed by atoms with Crippen LogP contribution in [0.25, 0.3) is 0 Å². The van der Waals surface area contributed by atoms with Crippen molar-refractivity contribution in [1.82, 2.24) is 15.1 Å². The van der Waals surface area contributed by atoms with Gasteiger partial charge in [0, 0.05) is 7.05 Å². The molecule has 6 nitrogen and oxygen atoms in total. The zero-order valence-electron chi connectivity index (χ0n) is 12.0. The van der Waals surface area contributed by atoms with Crippen molar-refractivity contribution in [3.63, 3.8) is 0 Å². The Morgan fingerprint density at radius 2 is 2.04 bits per heavy atom. The number of thioether (sulfide) groups is 1. The summed E-state index contributed by atoms with van der Waals surface area (Å²) in [7, 11) is 1.55. The summed E-state index contributed by atoms with van der Waals surface area (Å²) in [5, 5.41) is 10.8. The SMILES string of the molecule is CN(CC(=O)Nc1c(Cl)cccc1Cl)C(=O)CSc1nncs1. The van der Waals surface area contributed by atoms with Crippen LogP contribution in [0.1, 0.15) is 0 Å². The summed E-state index contributed by atoms with van der Waals surface area (Å²) in [6.07, 6.45) is 0. The van der Waals surface area contributed by atoms with Crippen LogP contribution in [0.2, 0.25) is 10.0 Å². The maximum atomic E-state index is 12.0. The number of aromatic nitrogens is 2. The monoisotopic (exact) mass is 390 g/mol. The normalized spacial score (nSPS) is 10.4. The molecule has 0 bridgehead atoms. The summed E-state index contributed by atoms with van der Waals surface area (Å²) in [4.78, 5) is 25.3. The van der Waals surface area contributed by atoms with Crippen LogP contribution in [0, 0.1) is 0 Å². The fourth-order valence-electron chi connectivity index (χ4n) is 1.56. The highest BCUT2D eigenvalue weighted by molar-refractivity contribution is 8.01. The third kappa shape index (κ3) is 5.35. The first kappa shape index (κ1) is 18.0. The number of likely N-dealkylation sites (N-methyl/N-ethyl adjacent to an activating group) is 1. The lowest BCUT2D eigenvalue weighted by molar-refractivity contribution is -0.131. The van der Waals surface area contributed by atoms with E-state index in [0.717, 1.165) is 0 Å². The Labute approximate surface area is 151 Å². The molecule has 0 saturated heterocycles. The van der Waals surface area contributed by atoms with E-state index in [9.17, 15) is 9.59 Å². The van der Waals surface area contributed by atoms with Gasteiger partial charge in [0.1, 0.15) is 5.51 Å².